The lowest BCUT2D eigenvalue weighted by molar-refractivity contribution is 0.0993. The van der Waals surface area contributed by atoms with Gasteiger partial charge in [-0.1, -0.05) is 12.1 Å². The number of hydrogen-bond donors (Lipinski definition) is 1. The fourth-order valence-corrected chi connectivity index (χ4v) is 1.41. The standard InChI is InChI=1S/C13H10FNO4/c1-18-12-7-19-11(6-10(12)16)13(17)15-9-5-3-2-4-8(9)14/h2-7H,1H3,(H,15,17). The Morgan fingerprint density at radius 3 is 2.74 bits per heavy atom. The van der Waals surface area contributed by atoms with E-state index in [9.17, 15) is 14.0 Å². The van der Waals surface area contributed by atoms with Crippen LogP contribution >= 0.6 is 0 Å². The van der Waals surface area contributed by atoms with Gasteiger partial charge in [-0.15, -0.1) is 0 Å². The normalized spacial score (nSPS) is 10.0. The van der Waals surface area contributed by atoms with Crippen molar-refractivity contribution in [2.24, 2.45) is 0 Å². The summed E-state index contributed by atoms with van der Waals surface area (Å²) in [5, 5.41) is 2.30. The number of anilines is 1. The molecule has 0 unspecified atom stereocenters. The molecule has 0 aliphatic rings. The van der Waals surface area contributed by atoms with Gasteiger partial charge in [0.25, 0.3) is 5.91 Å². The minimum atomic E-state index is -0.718. The molecule has 1 aromatic carbocycles. The van der Waals surface area contributed by atoms with Gasteiger partial charge < -0.3 is 14.5 Å². The summed E-state index contributed by atoms with van der Waals surface area (Å²) in [4.78, 5) is 23.2. The molecule has 2 rings (SSSR count). The summed E-state index contributed by atoms with van der Waals surface area (Å²) in [6.07, 6.45) is 1.03. The number of rotatable bonds is 3. The third-order valence-electron chi connectivity index (χ3n) is 2.36. The molecule has 1 amide bonds. The van der Waals surface area contributed by atoms with Crippen LogP contribution < -0.4 is 15.5 Å². The van der Waals surface area contributed by atoms with Crippen LogP contribution in [0.25, 0.3) is 0 Å². The van der Waals surface area contributed by atoms with E-state index in [-0.39, 0.29) is 17.2 Å². The maximum atomic E-state index is 13.3. The summed E-state index contributed by atoms with van der Waals surface area (Å²) in [6.45, 7) is 0. The zero-order chi connectivity index (χ0) is 13.8. The molecule has 0 aliphatic heterocycles. The maximum Gasteiger partial charge on any atom is 0.291 e. The zero-order valence-electron chi connectivity index (χ0n) is 9.98. The summed E-state index contributed by atoms with van der Waals surface area (Å²) in [6, 6.07) is 6.66. The second-order valence-corrected chi connectivity index (χ2v) is 3.61. The van der Waals surface area contributed by atoms with Gasteiger partial charge >= 0.3 is 0 Å². The predicted molar refractivity (Wildman–Crippen MR) is 65.9 cm³/mol. The Morgan fingerprint density at radius 1 is 1.37 bits per heavy atom. The largest absolute Gasteiger partial charge is 0.490 e. The van der Waals surface area contributed by atoms with E-state index in [0.29, 0.717) is 0 Å². The topological polar surface area (TPSA) is 68.5 Å². The van der Waals surface area contributed by atoms with Crippen LogP contribution in [-0.2, 0) is 0 Å². The average molecular weight is 263 g/mol. The maximum absolute atomic E-state index is 13.3. The minimum Gasteiger partial charge on any atom is -0.490 e. The van der Waals surface area contributed by atoms with E-state index >= 15 is 0 Å². The molecule has 0 bridgehead atoms. The Balaban J connectivity index is 2.24. The Hall–Kier alpha value is -2.63. The lowest BCUT2D eigenvalue weighted by Crippen LogP contribution is -2.16. The van der Waals surface area contributed by atoms with Crippen molar-refractivity contribution in [1.82, 2.24) is 0 Å². The van der Waals surface area contributed by atoms with Crippen molar-refractivity contribution in [1.29, 1.82) is 0 Å². The van der Waals surface area contributed by atoms with Crippen molar-refractivity contribution >= 4 is 11.6 Å². The van der Waals surface area contributed by atoms with Gasteiger partial charge in [-0.25, -0.2) is 4.39 Å². The molecule has 1 heterocycles. The van der Waals surface area contributed by atoms with Gasteiger partial charge in [0.05, 0.1) is 12.8 Å². The van der Waals surface area contributed by atoms with Crippen LogP contribution in [0.1, 0.15) is 10.6 Å². The average Bonchev–Trinajstić information content (AvgIpc) is 2.41. The second kappa shape index (κ2) is 5.34. The SMILES string of the molecule is COc1coc(C(=O)Nc2ccccc2F)cc1=O. The third kappa shape index (κ3) is 2.79. The van der Waals surface area contributed by atoms with Crippen LogP contribution in [0, 0.1) is 5.82 Å². The molecule has 98 valence electrons. The van der Waals surface area contributed by atoms with Crippen molar-refractivity contribution < 1.29 is 18.3 Å². The first-order valence-corrected chi connectivity index (χ1v) is 5.34. The van der Waals surface area contributed by atoms with E-state index in [1.165, 1.54) is 25.3 Å². The number of nitrogens with one attached hydrogen (secondary N) is 1. The first-order chi connectivity index (χ1) is 9.11. The van der Waals surface area contributed by atoms with E-state index in [1.54, 1.807) is 6.07 Å². The first kappa shape index (κ1) is 12.8. The summed E-state index contributed by atoms with van der Waals surface area (Å²) < 4.78 is 23.0. The minimum absolute atomic E-state index is 0.00553. The highest BCUT2D eigenvalue weighted by Gasteiger charge is 2.13. The van der Waals surface area contributed by atoms with Crippen LogP contribution in [0.5, 0.6) is 5.75 Å². The van der Waals surface area contributed by atoms with Crippen molar-refractivity contribution in [3.63, 3.8) is 0 Å². The van der Waals surface area contributed by atoms with E-state index < -0.39 is 17.2 Å². The molecule has 0 spiro atoms. The molecule has 5 nitrogen and oxygen atoms in total. The van der Waals surface area contributed by atoms with E-state index in [2.05, 4.69) is 5.32 Å². The smallest absolute Gasteiger partial charge is 0.291 e. The number of carbonyl (C=O) groups is 1. The lowest BCUT2D eigenvalue weighted by atomic mass is 10.3. The van der Waals surface area contributed by atoms with Gasteiger partial charge in [-0.3, -0.25) is 9.59 Å². The summed E-state index contributed by atoms with van der Waals surface area (Å²) in [7, 11) is 1.31. The van der Waals surface area contributed by atoms with Gasteiger partial charge in [0, 0.05) is 6.07 Å². The highest BCUT2D eigenvalue weighted by Crippen LogP contribution is 2.14. The molecular formula is C13H10FNO4. The zero-order valence-corrected chi connectivity index (χ0v) is 9.98. The molecule has 0 aliphatic carbocycles. The van der Waals surface area contributed by atoms with Gasteiger partial charge in [0.15, 0.2) is 5.76 Å². The van der Waals surface area contributed by atoms with Crippen molar-refractivity contribution in [2.45, 2.75) is 0 Å². The quantitative estimate of drug-likeness (QED) is 0.920. The number of benzene rings is 1. The molecule has 19 heavy (non-hydrogen) atoms. The van der Waals surface area contributed by atoms with Crippen LogP contribution in [0.4, 0.5) is 10.1 Å². The fourth-order valence-electron chi connectivity index (χ4n) is 1.41. The molecule has 1 aromatic heterocycles. The predicted octanol–water partition coefficient (Wildman–Crippen LogP) is 2.04. The summed E-state index contributed by atoms with van der Waals surface area (Å²) in [5.74, 6) is -1.53. The van der Waals surface area contributed by atoms with Gasteiger partial charge in [-0.2, -0.15) is 0 Å². The molecule has 0 saturated heterocycles. The van der Waals surface area contributed by atoms with E-state index in [0.717, 1.165) is 12.3 Å². The number of amides is 1. The van der Waals surface area contributed by atoms with Gasteiger partial charge in [0.1, 0.15) is 12.1 Å². The molecule has 2 aromatic rings. The number of para-hydroxylation sites is 1. The van der Waals surface area contributed by atoms with Gasteiger partial charge in [-0.05, 0) is 12.1 Å². The number of hydrogen-bond acceptors (Lipinski definition) is 4. The Morgan fingerprint density at radius 2 is 2.11 bits per heavy atom. The monoisotopic (exact) mass is 263 g/mol. The molecule has 0 atom stereocenters. The Bertz CT molecular complexity index is 666. The number of methoxy groups -OCH3 is 1. The number of ether oxygens (including phenoxy) is 1. The first-order valence-electron chi connectivity index (χ1n) is 5.34. The van der Waals surface area contributed by atoms with E-state index in [1.807, 2.05) is 0 Å². The lowest BCUT2D eigenvalue weighted by Gasteiger charge is -2.05. The number of carbonyl (C=O) groups excluding carboxylic acids is 1. The summed E-state index contributed by atoms with van der Waals surface area (Å²) >= 11 is 0. The molecular weight excluding hydrogens is 253 g/mol. The highest BCUT2D eigenvalue weighted by molar-refractivity contribution is 6.02. The van der Waals surface area contributed by atoms with Crippen LogP contribution in [0.15, 0.2) is 45.8 Å². The number of halogens is 1. The molecule has 0 radical (unpaired) electrons. The van der Waals surface area contributed by atoms with Crippen molar-refractivity contribution in [2.75, 3.05) is 12.4 Å². The fraction of sp³-hybridized carbons (Fsp3) is 0.0769. The van der Waals surface area contributed by atoms with E-state index in [4.69, 9.17) is 9.15 Å². The highest BCUT2D eigenvalue weighted by atomic mass is 19.1. The Labute approximate surface area is 107 Å². The second-order valence-electron chi connectivity index (χ2n) is 3.61. The molecule has 6 heteroatoms. The third-order valence-corrected chi connectivity index (χ3v) is 2.36. The van der Waals surface area contributed by atoms with Crippen molar-refractivity contribution in [3.8, 4) is 5.75 Å². The van der Waals surface area contributed by atoms with Crippen LogP contribution in [0.2, 0.25) is 0 Å². The molecule has 0 fully saturated rings. The van der Waals surface area contributed by atoms with Crippen LogP contribution in [-0.4, -0.2) is 13.0 Å². The Kier molecular flexibility index (Phi) is 3.61. The molecule has 1 N–H and O–H groups in total. The summed E-state index contributed by atoms with van der Waals surface area (Å²) in [5.41, 5.74) is -0.488. The van der Waals surface area contributed by atoms with Crippen molar-refractivity contribution in [3.05, 3.63) is 58.4 Å². The molecule has 0 saturated carbocycles. The van der Waals surface area contributed by atoms with Gasteiger partial charge in [0.2, 0.25) is 11.2 Å². The van der Waals surface area contributed by atoms with Crippen LogP contribution in [0.3, 0.4) is 0 Å².